The molecule has 1 heterocycles. The molecular formula is C7H5BrClF2NO. The average molecular weight is 272 g/mol. The van der Waals surface area contributed by atoms with Crippen molar-refractivity contribution in [3.63, 3.8) is 0 Å². The Kier molecular flexibility index (Phi) is 3.44. The number of halogens is 4. The van der Waals surface area contributed by atoms with Gasteiger partial charge in [0, 0.05) is 17.2 Å². The van der Waals surface area contributed by atoms with Gasteiger partial charge in [0.2, 0.25) is 5.43 Å². The molecule has 0 aromatic carbocycles. The van der Waals surface area contributed by atoms with Gasteiger partial charge in [0.1, 0.15) is 5.02 Å². The smallest absolute Gasteiger partial charge is 0.269 e. The molecule has 1 rings (SSSR count). The summed E-state index contributed by atoms with van der Waals surface area (Å²) in [6, 6.07) is 0. The summed E-state index contributed by atoms with van der Waals surface area (Å²) >= 11 is 8.60. The van der Waals surface area contributed by atoms with E-state index in [2.05, 4.69) is 20.9 Å². The third-order valence-electron chi connectivity index (χ3n) is 1.50. The zero-order valence-electron chi connectivity index (χ0n) is 6.28. The van der Waals surface area contributed by atoms with Crippen LogP contribution >= 0.6 is 27.5 Å². The number of pyridine rings is 1. The lowest BCUT2D eigenvalue weighted by Crippen LogP contribution is -2.12. The monoisotopic (exact) mass is 271 g/mol. The molecule has 1 N–H and O–H groups in total. The van der Waals surface area contributed by atoms with Crippen LogP contribution in [-0.4, -0.2) is 4.98 Å². The Labute approximate surface area is 86.0 Å². The SMILES string of the molecule is O=c1c(C(F)F)c[nH]c(CBr)c1Cl. The number of H-pyrrole nitrogens is 1. The van der Waals surface area contributed by atoms with Crippen LogP contribution in [0, 0.1) is 0 Å². The van der Waals surface area contributed by atoms with Gasteiger partial charge in [0.15, 0.2) is 0 Å². The van der Waals surface area contributed by atoms with Crippen molar-refractivity contribution in [3.8, 4) is 0 Å². The van der Waals surface area contributed by atoms with E-state index in [1.54, 1.807) is 0 Å². The summed E-state index contributed by atoms with van der Waals surface area (Å²) in [5.41, 5.74) is -1.02. The molecule has 0 aliphatic carbocycles. The van der Waals surface area contributed by atoms with Crippen LogP contribution in [0.25, 0.3) is 0 Å². The maximum Gasteiger partial charge on any atom is 0.269 e. The molecule has 0 aliphatic rings. The molecule has 0 saturated carbocycles. The third-order valence-corrected chi connectivity index (χ3v) is 2.46. The van der Waals surface area contributed by atoms with E-state index >= 15 is 0 Å². The first-order chi connectivity index (χ1) is 6.07. The number of hydrogen-bond acceptors (Lipinski definition) is 1. The number of aromatic nitrogens is 1. The third kappa shape index (κ3) is 2.08. The van der Waals surface area contributed by atoms with Crippen molar-refractivity contribution in [1.29, 1.82) is 0 Å². The molecule has 0 bridgehead atoms. The zero-order chi connectivity index (χ0) is 10.0. The molecular weight excluding hydrogens is 267 g/mol. The fourth-order valence-corrected chi connectivity index (χ4v) is 1.65. The minimum absolute atomic E-state index is 0.185. The van der Waals surface area contributed by atoms with Crippen LogP contribution in [0.1, 0.15) is 17.7 Å². The summed E-state index contributed by atoms with van der Waals surface area (Å²) in [6.07, 6.45) is -1.82. The molecule has 0 saturated heterocycles. The fourth-order valence-electron chi connectivity index (χ4n) is 0.817. The van der Waals surface area contributed by atoms with Gasteiger partial charge in [-0.05, 0) is 0 Å². The Morgan fingerprint density at radius 2 is 2.23 bits per heavy atom. The molecule has 1 aromatic heterocycles. The van der Waals surface area contributed by atoms with Gasteiger partial charge in [-0.3, -0.25) is 4.79 Å². The van der Waals surface area contributed by atoms with Crippen molar-refractivity contribution in [1.82, 2.24) is 4.98 Å². The largest absolute Gasteiger partial charge is 0.362 e. The van der Waals surface area contributed by atoms with Crippen LogP contribution in [0.5, 0.6) is 0 Å². The molecule has 1 aromatic rings. The van der Waals surface area contributed by atoms with E-state index in [0.717, 1.165) is 6.20 Å². The second-order valence-corrected chi connectivity index (χ2v) is 3.24. The first kappa shape index (κ1) is 10.7. The van der Waals surface area contributed by atoms with Gasteiger partial charge in [-0.15, -0.1) is 0 Å². The normalized spacial score (nSPS) is 10.8. The van der Waals surface area contributed by atoms with Crippen molar-refractivity contribution < 1.29 is 8.78 Å². The van der Waals surface area contributed by atoms with E-state index in [4.69, 9.17) is 11.6 Å². The molecule has 0 atom stereocenters. The minimum Gasteiger partial charge on any atom is -0.362 e. The summed E-state index contributed by atoms with van der Waals surface area (Å²) < 4.78 is 24.3. The van der Waals surface area contributed by atoms with Crippen LogP contribution < -0.4 is 5.43 Å². The molecule has 0 aliphatic heterocycles. The summed E-state index contributed by atoms with van der Waals surface area (Å²) in [5, 5.41) is 0.139. The van der Waals surface area contributed by atoms with Crippen molar-refractivity contribution in [2.24, 2.45) is 0 Å². The first-order valence-electron chi connectivity index (χ1n) is 3.32. The Morgan fingerprint density at radius 1 is 1.62 bits per heavy atom. The summed E-state index contributed by atoms with van der Waals surface area (Å²) in [5.74, 6) is 0. The van der Waals surface area contributed by atoms with Gasteiger partial charge in [-0.2, -0.15) is 0 Å². The van der Waals surface area contributed by atoms with Crippen molar-refractivity contribution in [2.45, 2.75) is 11.8 Å². The number of aromatic amines is 1. The highest BCUT2D eigenvalue weighted by Gasteiger charge is 2.15. The Bertz CT molecular complexity index is 366. The first-order valence-corrected chi connectivity index (χ1v) is 4.82. The molecule has 6 heteroatoms. The maximum absolute atomic E-state index is 12.2. The Balaban J connectivity index is 3.32. The second kappa shape index (κ2) is 4.19. The van der Waals surface area contributed by atoms with Gasteiger partial charge >= 0.3 is 0 Å². The highest BCUT2D eigenvalue weighted by atomic mass is 79.9. The summed E-state index contributed by atoms with van der Waals surface area (Å²) in [6.45, 7) is 0. The Morgan fingerprint density at radius 3 is 2.69 bits per heavy atom. The van der Waals surface area contributed by atoms with Crippen LogP contribution in [-0.2, 0) is 5.33 Å². The predicted molar refractivity (Wildman–Crippen MR) is 49.7 cm³/mol. The second-order valence-electron chi connectivity index (χ2n) is 2.30. The van der Waals surface area contributed by atoms with Gasteiger partial charge in [0.05, 0.1) is 5.56 Å². The average Bonchev–Trinajstić information content (AvgIpc) is 2.09. The van der Waals surface area contributed by atoms with Crippen LogP contribution in [0.3, 0.4) is 0 Å². The molecule has 0 radical (unpaired) electrons. The van der Waals surface area contributed by atoms with Crippen LogP contribution in [0.4, 0.5) is 8.78 Å². The van der Waals surface area contributed by atoms with Crippen molar-refractivity contribution in [2.75, 3.05) is 0 Å². The van der Waals surface area contributed by atoms with E-state index in [9.17, 15) is 13.6 Å². The van der Waals surface area contributed by atoms with Gasteiger partial charge in [-0.25, -0.2) is 8.78 Å². The topological polar surface area (TPSA) is 32.9 Å². The van der Waals surface area contributed by atoms with Gasteiger partial charge in [0.25, 0.3) is 6.43 Å². The van der Waals surface area contributed by atoms with E-state index < -0.39 is 17.4 Å². The van der Waals surface area contributed by atoms with E-state index in [1.165, 1.54) is 0 Å². The zero-order valence-corrected chi connectivity index (χ0v) is 8.62. The van der Waals surface area contributed by atoms with Gasteiger partial charge < -0.3 is 4.98 Å². The van der Waals surface area contributed by atoms with Crippen molar-refractivity contribution in [3.05, 3.63) is 32.7 Å². The standard InChI is InChI=1S/C7H5BrClF2NO/c8-1-4-5(9)6(13)3(2-12-4)7(10)11/h2,7H,1H2,(H,12,13). The Hall–Kier alpha value is -0.420. The van der Waals surface area contributed by atoms with E-state index in [1.807, 2.05) is 0 Å². The fraction of sp³-hybridized carbons (Fsp3) is 0.286. The number of alkyl halides is 3. The summed E-state index contributed by atoms with van der Waals surface area (Å²) in [4.78, 5) is 13.7. The van der Waals surface area contributed by atoms with E-state index in [0.29, 0.717) is 11.0 Å². The quantitative estimate of drug-likeness (QED) is 0.825. The summed E-state index contributed by atoms with van der Waals surface area (Å²) in [7, 11) is 0. The highest BCUT2D eigenvalue weighted by molar-refractivity contribution is 9.08. The molecule has 72 valence electrons. The van der Waals surface area contributed by atoms with Crippen LogP contribution in [0.15, 0.2) is 11.0 Å². The van der Waals surface area contributed by atoms with Crippen molar-refractivity contribution >= 4 is 27.5 Å². The number of nitrogens with one attached hydrogen (secondary N) is 1. The molecule has 13 heavy (non-hydrogen) atoms. The lowest BCUT2D eigenvalue weighted by Gasteiger charge is -2.02. The lowest BCUT2D eigenvalue weighted by atomic mass is 10.2. The molecule has 0 fully saturated rings. The van der Waals surface area contributed by atoms with Gasteiger partial charge in [-0.1, -0.05) is 27.5 Å². The highest BCUT2D eigenvalue weighted by Crippen LogP contribution is 2.18. The lowest BCUT2D eigenvalue weighted by molar-refractivity contribution is 0.149. The van der Waals surface area contributed by atoms with Crippen LogP contribution in [0.2, 0.25) is 5.02 Å². The minimum atomic E-state index is -2.80. The molecule has 2 nitrogen and oxygen atoms in total. The molecule has 0 amide bonds. The number of rotatable bonds is 2. The molecule has 0 spiro atoms. The predicted octanol–water partition coefficient (Wildman–Crippen LogP) is 2.86. The maximum atomic E-state index is 12.2. The molecule has 0 unspecified atom stereocenters. The van der Waals surface area contributed by atoms with E-state index in [-0.39, 0.29) is 5.02 Å². The number of hydrogen-bond donors (Lipinski definition) is 1.